The van der Waals surface area contributed by atoms with Crippen LogP contribution < -0.4 is 0 Å². The van der Waals surface area contributed by atoms with Crippen molar-refractivity contribution in [3.63, 3.8) is 0 Å². The molecule has 0 aliphatic heterocycles. The van der Waals surface area contributed by atoms with E-state index in [1.165, 1.54) is 7.11 Å². The van der Waals surface area contributed by atoms with E-state index in [1.807, 2.05) is 30.3 Å². The van der Waals surface area contributed by atoms with Crippen LogP contribution >= 0.6 is 0 Å². The molecule has 0 saturated carbocycles. The van der Waals surface area contributed by atoms with Crippen LogP contribution in [0.4, 0.5) is 0 Å². The lowest BCUT2D eigenvalue weighted by atomic mass is 10.1. The van der Waals surface area contributed by atoms with Crippen molar-refractivity contribution in [2.24, 2.45) is 0 Å². The average molecular weight is 304 g/mol. The van der Waals surface area contributed by atoms with E-state index in [1.54, 1.807) is 0 Å². The molecule has 0 amide bonds. The molecular weight excluding hydrogens is 280 g/mol. The molecule has 21 heavy (non-hydrogen) atoms. The zero-order chi connectivity index (χ0) is 16.1. The summed E-state index contributed by atoms with van der Waals surface area (Å²) in [6.07, 6.45) is -0.411. The maximum Gasteiger partial charge on any atom is 0.384 e. The van der Waals surface area contributed by atoms with E-state index < -0.39 is 20.4 Å². The Hall–Kier alpha value is -1.57. The van der Waals surface area contributed by atoms with Crippen molar-refractivity contribution in [1.82, 2.24) is 0 Å². The van der Waals surface area contributed by atoms with Crippen LogP contribution in [0.2, 0.25) is 18.1 Å². The Morgan fingerprint density at radius 1 is 1.19 bits per heavy atom. The third-order valence-corrected chi connectivity index (χ3v) is 8.25. The van der Waals surface area contributed by atoms with Gasteiger partial charge in [-0.1, -0.05) is 57.0 Å². The van der Waals surface area contributed by atoms with Crippen molar-refractivity contribution >= 4 is 14.3 Å². The quantitative estimate of drug-likeness (QED) is 0.367. The van der Waals surface area contributed by atoms with Gasteiger partial charge in [-0.05, 0) is 23.7 Å². The van der Waals surface area contributed by atoms with Crippen molar-refractivity contribution < 1.29 is 14.0 Å². The Labute approximate surface area is 128 Å². The van der Waals surface area contributed by atoms with Crippen molar-refractivity contribution in [3.8, 4) is 11.8 Å². The number of carbonyl (C=O) groups excluding carboxylic acids is 1. The minimum Gasteiger partial charge on any atom is -0.459 e. The molecule has 0 N–H and O–H groups in total. The van der Waals surface area contributed by atoms with Gasteiger partial charge in [0.05, 0.1) is 7.11 Å². The molecule has 4 heteroatoms. The molecule has 114 valence electrons. The second-order valence-corrected chi connectivity index (χ2v) is 11.2. The van der Waals surface area contributed by atoms with Gasteiger partial charge < -0.3 is 9.16 Å². The van der Waals surface area contributed by atoms with Gasteiger partial charge in [0.2, 0.25) is 0 Å². The molecule has 0 aliphatic rings. The van der Waals surface area contributed by atoms with Gasteiger partial charge in [-0.15, -0.1) is 0 Å². The third-order valence-electron chi connectivity index (χ3n) is 3.81. The highest BCUT2D eigenvalue weighted by Gasteiger charge is 2.39. The monoisotopic (exact) mass is 304 g/mol. The molecule has 1 aromatic carbocycles. The van der Waals surface area contributed by atoms with Crippen LogP contribution in [0.1, 0.15) is 32.4 Å². The first-order valence-electron chi connectivity index (χ1n) is 6.99. The highest BCUT2D eigenvalue weighted by Crippen LogP contribution is 2.39. The van der Waals surface area contributed by atoms with Gasteiger partial charge in [0.25, 0.3) is 0 Å². The first-order valence-corrected chi connectivity index (χ1v) is 9.90. The fraction of sp³-hybridized carbons (Fsp3) is 0.471. The number of ether oxygens (including phenoxy) is 1. The first kappa shape index (κ1) is 17.5. The smallest absolute Gasteiger partial charge is 0.384 e. The highest BCUT2D eigenvalue weighted by molar-refractivity contribution is 6.74. The van der Waals surface area contributed by atoms with Gasteiger partial charge in [0.1, 0.15) is 6.10 Å². The molecule has 3 nitrogen and oxygen atoms in total. The van der Waals surface area contributed by atoms with Gasteiger partial charge >= 0.3 is 5.97 Å². The zero-order valence-corrected chi connectivity index (χ0v) is 14.7. The summed E-state index contributed by atoms with van der Waals surface area (Å²) >= 11 is 0. The summed E-state index contributed by atoms with van der Waals surface area (Å²) in [7, 11) is -0.665. The van der Waals surface area contributed by atoms with Crippen molar-refractivity contribution in [3.05, 3.63) is 35.9 Å². The maximum atomic E-state index is 11.3. The largest absolute Gasteiger partial charge is 0.459 e. The molecule has 0 fully saturated rings. The molecule has 0 bridgehead atoms. The van der Waals surface area contributed by atoms with Gasteiger partial charge in [-0.2, -0.15) is 0 Å². The minimum absolute atomic E-state index is 0.0764. The molecule has 1 unspecified atom stereocenters. The number of methoxy groups -OCH3 is 1. The number of hydrogen-bond donors (Lipinski definition) is 0. The summed E-state index contributed by atoms with van der Waals surface area (Å²) < 4.78 is 10.9. The molecule has 1 aromatic rings. The summed E-state index contributed by atoms with van der Waals surface area (Å²) in [5.74, 6) is 4.85. The van der Waals surface area contributed by atoms with Gasteiger partial charge in [-0.3, -0.25) is 0 Å². The SMILES string of the molecule is COC(=O)C#CC(O[Si](C)(C)C(C)(C)C)c1ccccc1. The van der Waals surface area contributed by atoms with Crippen LogP contribution in [0.5, 0.6) is 0 Å². The van der Waals surface area contributed by atoms with E-state index in [0.29, 0.717) is 0 Å². The minimum atomic E-state index is -1.99. The van der Waals surface area contributed by atoms with E-state index in [0.717, 1.165) is 5.56 Å². The van der Waals surface area contributed by atoms with Crippen LogP contribution in [0.25, 0.3) is 0 Å². The normalized spacial score (nSPS) is 13.0. The van der Waals surface area contributed by atoms with E-state index in [2.05, 4.69) is 50.4 Å². The third kappa shape index (κ3) is 5.03. The number of carbonyl (C=O) groups is 1. The summed E-state index contributed by atoms with van der Waals surface area (Å²) in [6.45, 7) is 10.9. The molecule has 0 saturated heterocycles. The van der Waals surface area contributed by atoms with Gasteiger partial charge in [0.15, 0.2) is 8.32 Å². The fourth-order valence-corrected chi connectivity index (χ4v) is 2.59. The summed E-state index contributed by atoms with van der Waals surface area (Å²) in [4.78, 5) is 11.3. The zero-order valence-electron chi connectivity index (χ0n) is 13.7. The fourth-order valence-electron chi connectivity index (χ4n) is 1.46. The second-order valence-electron chi connectivity index (χ2n) is 6.43. The van der Waals surface area contributed by atoms with E-state index in [-0.39, 0.29) is 5.04 Å². The highest BCUT2D eigenvalue weighted by atomic mass is 28.4. The first-order chi connectivity index (χ1) is 9.67. The van der Waals surface area contributed by atoms with E-state index >= 15 is 0 Å². The predicted molar refractivity (Wildman–Crippen MR) is 87.3 cm³/mol. The lowest BCUT2D eigenvalue weighted by molar-refractivity contribution is -0.133. The number of hydrogen-bond acceptors (Lipinski definition) is 3. The summed E-state index contributed by atoms with van der Waals surface area (Å²) in [5, 5.41) is 0.0764. The molecule has 0 spiro atoms. The molecule has 0 aromatic heterocycles. The number of rotatable bonds is 3. The predicted octanol–water partition coefficient (Wildman–Crippen LogP) is 3.93. The van der Waals surface area contributed by atoms with Crippen LogP contribution in [0.3, 0.4) is 0 Å². The Morgan fingerprint density at radius 3 is 2.24 bits per heavy atom. The van der Waals surface area contributed by atoms with Crippen molar-refractivity contribution in [2.45, 2.75) is 45.0 Å². The number of benzene rings is 1. The molecule has 0 radical (unpaired) electrons. The lowest BCUT2D eigenvalue weighted by Gasteiger charge is -2.38. The molecule has 1 rings (SSSR count). The Balaban J connectivity index is 3.09. The standard InChI is InChI=1S/C17H24O3Si/c1-17(2,3)21(5,6)20-15(12-13-16(18)19-4)14-10-8-7-9-11-14/h7-11,15H,1-6H3. The lowest BCUT2D eigenvalue weighted by Crippen LogP contribution is -2.41. The Morgan fingerprint density at radius 2 is 1.76 bits per heavy atom. The second kappa shape index (κ2) is 6.93. The van der Waals surface area contributed by atoms with Crippen LogP contribution in [0, 0.1) is 11.8 Å². The average Bonchev–Trinajstić information content (AvgIpc) is 2.42. The van der Waals surface area contributed by atoms with Crippen molar-refractivity contribution in [2.75, 3.05) is 7.11 Å². The topological polar surface area (TPSA) is 35.5 Å². The molecular formula is C17H24O3Si. The molecule has 1 atom stereocenters. The van der Waals surface area contributed by atoms with Gasteiger partial charge in [0, 0.05) is 5.92 Å². The molecule has 0 aliphatic carbocycles. The Bertz CT molecular complexity index is 533. The van der Waals surface area contributed by atoms with E-state index in [4.69, 9.17) is 4.43 Å². The summed E-state index contributed by atoms with van der Waals surface area (Å²) in [6, 6.07) is 9.75. The van der Waals surface area contributed by atoms with Crippen LogP contribution in [-0.2, 0) is 14.0 Å². The van der Waals surface area contributed by atoms with Crippen LogP contribution in [-0.4, -0.2) is 21.4 Å². The number of esters is 1. The summed E-state index contributed by atoms with van der Waals surface area (Å²) in [5.41, 5.74) is 0.957. The van der Waals surface area contributed by atoms with Gasteiger partial charge in [-0.25, -0.2) is 4.79 Å². The van der Waals surface area contributed by atoms with Crippen LogP contribution in [0.15, 0.2) is 30.3 Å². The van der Waals surface area contributed by atoms with E-state index in [9.17, 15) is 4.79 Å². The van der Waals surface area contributed by atoms with Crippen molar-refractivity contribution in [1.29, 1.82) is 0 Å². The maximum absolute atomic E-state index is 11.3. The molecule has 0 heterocycles. The Kier molecular flexibility index (Phi) is 5.76.